The largest absolute Gasteiger partial charge is 0.281 e. The van der Waals surface area contributed by atoms with E-state index < -0.39 is 0 Å². The second-order valence-corrected chi connectivity index (χ2v) is 21.3. The topological polar surface area (TPSA) is 184 Å². The molecule has 16 aromatic rings. The fourth-order valence-corrected chi connectivity index (χ4v) is 12.1. The van der Waals surface area contributed by atoms with Gasteiger partial charge in [0.2, 0.25) is 17.8 Å². The first-order chi connectivity index (χ1) is 41.1. The minimum Gasteiger partial charge on any atom is -0.281 e. The number of pyridine rings is 3. The van der Waals surface area contributed by atoms with Crippen molar-refractivity contribution in [3.63, 3.8) is 0 Å². The Bertz CT molecular complexity index is 4780. The summed E-state index contributed by atoms with van der Waals surface area (Å²) in [5.74, 6) is 0.828. The smallest absolute Gasteiger partial charge is 0.242 e. The monoisotopic (exact) mass is 1090 g/mol. The van der Waals surface area contributed by atoms with Crippen LogP contribution in [0.15, 0.2) is 184 Å². The summed E-state index contributed by atoms with van der Waals surface area (Å²) in [6.07, 6.45) is 10.7. The molecule has 0 amide bonds. The SMILES string of the molecule is Cc1cccc(C)c1-c1ccc2ncn(-c3cccc4ncn(-c5nc(-n6cnc7cccc(-n8cnc9ccc(-c%10c(C)cccc%10C)nc98)c76)nc(-n6cnc7cccc(-n8cnc9ccc(-c%10c(C)cccc%10C)nc98)c76)n5)c34)c2n1. The van der Waals surface area contributed by atoms with Gasteiger partial charge in [-0.1, -0.05) is 72.8 Å². The minimum absolute atomic E-state index is 0.276. The van der Waals surface area contributed by atoms with Crippen molar-refractivity contribution in [3.05, 3.63) is 217 Å². The maximum atomic E-state index is 5.37. The molecule has 0 saturated carbocycles. The highest BCUT2D eigenvalue weighted by Gasteiger charge is 2.25. The van der Waals surface area contributed by atoms with Crippen LogP contribution >= 0.6 is 0 Å². The second kappa shape index (κ2) is 18.6. The van der Waals surface area contributed by atoms with Crippen molar-refractivity contribution in [1.29, 1.82) is 0 Å². The van der Waals surface area contributed by atoms with Crippen molar-refractivity contribution >= 4 is 66.6 Å². The van der Waals surface area contributed by atoms with Crippen molar-refractivity contribution in [2.75, 3.05) is 0 Å². The van der Waals surface area contributed by atoms with Crippen molar-refractivity contribution in [2.45, 2.75) is 41.5 Å². The molecular formula is C66H48N18. The third-order valence-electron chi connectivity index (χ3n) is 16.1. The van der Waals surface area contributed by atoms with Gasteiger partial charge in [-0.15, -0.1) is 0 Å². The molecule has 0 bridgehead atoms. The summed E-state index contributed by atoms with van der Waals surface area (Å²) >= 11 is 0. The van der Waals surface area contributed by atoms with Gasteiger partial charge in [0.1, 0.15) is 54.5 Å². The average molecular weight is 1090 g/mol. The Balaban J connectivity index is 0.920. The maximum Gasteiger partial charge on any atom is 0.242 e. The standard InChI is InChI=1S/C66H48N18/c1-37-13-7-14-38(2)55(37)43-25-28-49-61(73-43)79(31-70-49)52-22-10-19-46-58(52)82(34-67-46)64-76-65(83-35-68-47-20-11-23-53(59(47)83)80-32-71-50-29-26-44(74-62(50)80)56-39(3)15-8-16-40(56)4)78-66(77-64)84-36-69-48-21-12-24-54(60(48)84)81-33-72-51-30-27-45(75-63(51)81)57-41(5)17-9-18-42(57)6/h7-36H,1-6H3. The zero-order valence-electron chi connectivity index (χ0n) is 46.4. The van der Waals surface area contributed by atoms with E-state index in [0.717, 1.165) is 117 Å². The lowest BCUT2D eigenvalue weighted by Gasteiger charge is -2.15. The molecule has 18 heteroatoms. The zero-order valence-corrected chi connectivity index (χ0v) is 46.4. The van der Waals surface area contributed by atoms with Crippen LogP contribution in [0.2, 0.25) is 0 Å². The molecule has 10 heterocycles. The van der Waals surface area contributed by atoms with Crippen LogP contribution in [0.5, 0.6) is 0 Å². The fraction of sp³-hybridized carbons (Fsp3) is 0.0909. The van der Waals surface area contributed by atoms with Gasteiger partial charge in [-0.25, -0.2) is 44.9 Å². The van der Waals surface area contributed by atoms with Gasteiger partial charge in [0.25, 0.3) is 0 Å². The molecule has 0 N–H and O–H groups in total. The third kappa shape index (κ3) is 7.50. The summed E-state index contributed by atoms with van der Waals surface area (Å²) in [4.78, 5) is 61.5. The Morgan fingerprint density at radius 1 is 0.238 bits per heavy atom. The molecule has 18 nitrogen and oxygen atoms in total. The van der Waals surface area contributed by atoms with Crippen LogP contribution in [-0.2, 0) is 0 Å². The molecule has 16 rings (SSSR count). The molecular weight excluding hydrogens is 1040 g/mol. The quantitative estimate of drug-likeness (QED) is 0.133. The number of fused-ring (bicyclic) bond motifs is 6. The lowest BCUT2D eigenvalue weighted by Crippen LogP contribution is -2.13. The number of para-hydroxylation sites is 3. The first-order valence-corrected chi connectivity index (χ1v) is 27.5. The summed E-state index contributed by atoms with van der Waals surface area (Å²) in [6.45, 7) is 12.7. The number of aromatic nitrogens is 18. The molecule has 0 saturated heterocycles. The van der Waals surface area contributed by atoms with Gasteiger partial charge >= 0.3 is 0 Å². The number of hydrogen-bond acceptors (Lipinski definition) is 12. The lowest BCUT2D eigenvalue weighted by molar-refractivity contribution is 0.814. The number of nitrogens with zero attached hydrogens (tertiary/aromatic N) is 18. The van der Waals surface area contributed by atoms with E-state index in [0.29, 0.717) is 33.5 Å². The van der Waals surface area contributed by atoms with E-state index in [1.54, 1.807) is 38.0 Å². The summed E-state index contributed by atoms with van der Waals surface area (Å²) < 4.78 is 11.7. The summed E-state index contributed by atoms with van der Waals surface area (Å²) in [5, 5.41) is 0. The van der Waals surface area contributed by atoms with Crippen LogP contribution in [0.3, 0.4) is 0 Å². The van der Waals surface area contributed by atoms with Gasteiger partial charge in [0.15, 0.2) is 16.9 Å². The number of aryl methyl sites for hydroxylation is 6. The maximum absolute atomic E-state index is 5.37. The normalized spacial score (nSPS) is 11.9. The Morgan fingerprint density at radius 3 is 0.774 bits per heavy atom. The van der Waals surface area contributed by atoms with Crippen molar-refractivity contribution in [3.8, 4) is 68.7 Å². The van der Waals surface area contributed by atoms with Gasteiger partial charge < -0.3 is 0 Å². The van der Waals surface area contributed by atoms with E-state index in [1.807, 2.05) is 118 Å². The summed E-state index contributed by atoms with van der Waals surface area (Å²) in [5.41, 5.74) is 23.5. The first kappa shape index (κ1) is 48.5. The van der Waals surface area contributed by atoms with Gasteiger partial charge in [0, 0.05) is 16.7 Å². The Morgan fingerprint density at radius 2 is 0.488 bits per heavy atom. The molecule has 0 aliphatic carbocycles. The van der Waals surface area contributed by atoms with Gasteiger partial charge in [-0.3, -0.25) is 27.4 Å². The van der Waals surface area contributed by atoms with Gasteiger partial charge in [-0.05, 0) is 148 Å². The zero-order chi connectivity index (χ0) is 56.5. The first-order valence-electron chi connectivity index (χ1n) is 27.5. The third-order valence-corrected chi connectivity index (χ3v) is 16.1. The summed E-state index contributed by atoms with van der Waals surface area (Å²) in [7, 11) is 0. The van der Waals surface area contributed by atoms with E-state index in [1.165, 1.54) is 0 Å². The molecule has 6 aromatic carbocycles. The Labute approximate surface area is 478 Å². The molecule has 402 valence electrons. The molecule has 0 unspecified atom stereocenters. The molecule has 0 aliphatic rings. The molecule has 0 fully saturated rings. The van der Waals surface area contributed by atoms with Crippen molar-refractivity contribution < 1.29 is 0 Å². The predicted octanol–water partition coefficient (Wildman–Crippen LogP) is 12.9. The highest BCUT2D eigenvalue weighted by atomic mass is 15.3. The van der Waals surface area contributed by atoms with E-state index in [2.05, 4.69) is 96.1 Å². The number of hydrogen-bond donors (Lipinski definition) is 0. The minimum atomic E-state index is 0.276. The number of imidazole rings is 6. The van der Waals surface area contributed by atoms with Crippen LogP contribution in [0.1, 0.15) is 33.4 Å². The highest BCUT2D eigenvalue weighted by molar-refractivity contribution is 5.92. The molecule has 0 spiro atoms. The van der Waals surface area contributed by atoms with Crippen molar-refractivity contribution in [1.82, 2.24) is 87.2 Å². The second-order valence-electron chi connectivity index (χ2n) is 21.3. The van der Waals surface area contributed by atoms with E-state index in [-0.39, 0.29) is 17.8 Å². The van der Waals surface area contributed by atoms with E-state index in [9.17, 15) is 0 Å². The lowest BCUT2D eigenvalue weighted by atomic mass is 9.99. The average Bonchev–Trinajstić information content (AvgIpc) is 2.29. The Kier molecular flexibility index (Phi) is 10.7. The number of rotatable bonds is 9. The van der Waals surface area contributed by atoms with Gasteiger partial charge in [-0.2, -0.15) is 15.0 Å². The van der Waals surface area contributed by atoms with Crippen molar-refractivity contribution in [2.24, 2.45) is 0 Å². The molecule has 84 heavy (non-hydrogen) atoms. The number of benzene rings is 6. The molecule has 0 aliphatic heterocycles. The van der Waals surface area contributed by atoms with Crippen LogP contribution in [0.25, 0.3) is 135 Å². The molecule has 0 atom stereocenters. The van der Waals surface area contributed by atoms with E-state index in [4.69, 9.17) is 59.8 Å². The molecule has 0 radical (unpaired) electrons. The Hall–Kier alpha value is -11.4. The molecule has 10 aromatic heterocycles. The van der Waals surface area contributed by atoms with Crippen LogP contribution in [-0.4, -0.2) is 87.2 Å². The predicted molar refractivity (Wildman–Crippen MR) is 326 cm³/mol. The van der Waals surface area contributed by atoms with Crippen LogP contribution < -0.4 is 0 Å². The van der Waals surface area contributed by atoms with Crippen LogP contribution in [0, 0.1) is 41.5 Å². The van der Waals surface area contributed by atoms with Crippen LogP contribution in [0.4, 0.5) is 0 Å². The fourth-order valence-electron chi connectivity index (χ4n) is 12.1. The van der Waals surface area contributed by atoms with E-state index >= 15 is 0 Å². The van der Waals surface area contributed by atoms with Gasteiger partial charge in [0.05, 0.1) is 67.2 Å². The summed E-state index contributed by atoms with van der Waals surface area (Å²) in [6, 6.07) is 49.1. The highest BCUT2D eigenvalue weighted by Crippen LogP contribution is 2.35.